The molecule has 4 aromatic rings. The van der Waals surface area contributed by atoms with Crippen molar-refractivity contribution in [2.75, 3.05) is 0 Å². The fraction of sp³-hybridized carbons (Fsp3) is 0.174. The number of hydrogen-bond donors (Lipinski definition) is 2. The molecule has 2 N–H and O–H groups in total. The fourth-order valence-electron chi connectivity index (χ4n) is 3.22. The van der Waals surface area contributed by atoms with Gasteiger partial charge in [-0.25, -0.2) is 9.50 Å². The summed E-state index contributed by atoms with van der Waals surface area (Å²) in [6.07, 6.45) is 1.45. The maximum absolute atomic E-state index is 12.9. The van der Waals surface area contributed by atoms with Crippen molar-refractivity contribution in [2.45, 2.75) is 26.6 Å². The van der Waals surface area contributed by atoms with Crippen LogP contribution in [-0.4, -0.2) is 38.8 Å². The van der Waals surface area contributed by atoms with Crippen molar-refractivity contribution in [1.82, 2.24) is 25.2 Å². The number of fused-ring (bicyclic) bond motifs is 1. The summed E-state index contributed by atoms with van der Waals surface area (Å²) >= 11 is 1.29. The average Bonchev–Trinajstić information content (AvgIpc) is 3.50. The van der Waals surface area contributed by atoms with Crippen molar-refractivity contribution in [3.05, 3.63) is 81.4 Å². The lowest BCUT2D eigenvalue weighted by Crippen LogP contribution is -2.28. The molecule has 0 aliphatic heterocycles. The third-order valence-corrected chi connectivity index (χ3v) is 6.02. The second-order valence-corrected chi connectivity index (χ2v) is 8.51. The van der Waals surface area contributed by atoms with Crippen molar-refractivity contribution in [3.63, 3.8) is 0 Å². The summed E-state index contributed by atoms with van der Waals surface area (Å²) in [5, 5.41) is 9.51. The lowest BCUT2D eigenvalue weighted by molar-refractivity contribution is -0.0499. The number of nitrogens with zero attached hydrogens (tertiary/aromatic N) is 3. The van der Waals surface area contributed by atoms with Crippen LogP contribution in [-0.2, 0) is 13.1 Å². The van der Waals surface area contributed by atoms with Gasteiger partial charge in [0.1, 0.15) is 17.1 Å². The van der Waals surface area contributed by atoms with Gasteiger partial charge in [-0.2, -0.15) is 13.9 Å². The van der Waals surface area contributed by atoms with Crippen molar-refractivity contribution in [3.8, 4) is 5.75 Å². The van der Waals surface area contributed by atoms with E-state index in [1.54, 1.807) is 24.3 Å². The van der Waals surface area contributed by atoms with Crippen LogP contribution in [0.5, 0.6) is 5.75 Å². The van der Waals surface area contributed by atoms with Gasteiger partial charge in [-0.1, -0.05) is 12.1 Å². The number of aromatic nitrogens is 3. The van der Waals surface area contributed by atoms with Gasteiger partial charge < -0.3 is 15.4 Å². The summed E-state index contributed by atoms with van der Waals surface area (Å²) in [4.78, 5) is 42.7. The summed E-state index contributed by atoms with van der Waals surface area (Å²) < 4.78 is 30.5. The number of thiophene rings is 1. The Kier molecular flexibility index (Phi) is 7.11. The molecule has 1 aromatic carbocycles. The number of alkyl halides is 2. The zero-order chi connectivity index (χ0) is 24.9. The zero-order valence-electron chi connectivity index (χ0n) is 18.3. The molecule has 0 bridgehead atoms. The highest BCUT2D eigenvalue weighted by atomic mass is 32.1. The first-order valence-corrected chi connectivity index (χ1v) is 11.2. The van der Waals surface area contributed by atoms with Crippen LogP contribution in [0.1, 0.15) is 48.0 Å². The number of halogens is 2. The number of nitrogens with one attached hydrogen (secondary N) is 2. The molecule has 0 spiro atoms. The van der Waals surface area contributed by atoms with E-state index in [1.165, 1.54) is 53.2 Å². The van der Waals surface area contributed by atoms with E-state index >= 15 is 0 Å². The highest BCUT2D eigenvalue weighted by Gasteiger charge is 2.18. The molecule has 0 unspecified atom stereocenters. The van der Waals surface area contributed by atoms with Crippen molar-refractivity contribution < 1.29 is 27.9 Å². The predicted molar refractivity (Wildman–Crippen MR) is 123 cm³/mol. The molecule has 0 atom stereocenters. The van der Waals surface area contributed by atoms with E-state index in [2.05, 4.69) is 25.5 Å². The zero-order valence-corrected chi connectivity index (χ0v) is 19.1. The molecule has 35 heavy (non-hydrogen) atoms. The SMILES string of the molecule is CC(=O)c1ccc(CNC(=O)c2cc(C(=O)NCc3cccc(OC(F)F)c3)nc3ccnn23)s1. The van der Waals surface area contributed by atoms with Gasteiger partial charge >= 0.3 is 6.61 Å². The van der Waals surface area contributed by atoms with Crippen molar-refractivity contribution in [2.24, 2.45) is 0 Å². The summed E-state index contributed by atoms with van der Waals surface area (Å²) in [6, 6.07) is 12.3. The molecule has 0 saturated heterocycles. The van der Waals surface area contributed by atoms with E-state index in [0.717, 1.165) is 4.88 Å². The molecule has 0 fully saturated rings. The van der Waals surface area contributed by atoms with Crippen LogP contribution < -0.4 is 15.4 Å². The van der Waals surface area contributed by atoms with Gasteiger partial charge in [0.2, 0.25) is 0 Å². The Morgan fingerprint density at radius 1 is 1.06 bits per heavy atom. The molecule has 4 rings (SSSR count). The lowest BCUT2D eigenvalue weighted by Gasteiger charge is -2.10. The van der Waals surface area contributed by atoms with Gasteiger partial charge in [-0.3, -0.25) is 14.4 Å². The molecule has 0 saturated carbocycles. The molecule has 2 amide bonds. The van der Waals surface area contributed by atoms with E-state index in [0.29, 0.717) is 16.1 Å². The average molecular weight is 499 g/mol. The standard InChI is InChI=1S/C23H19F2N5O4S/c1-13(31)19-6-5-16(35-19)12-27-22(33)18-10-17(29-20-7-8-28-30(18)20)21(32)26-11-14-3-2-4-15(9-14)34-23(24)25/h2-10,23H,11-12H2,1H3,(H,26,32)(H,27,33). The van der Waals surface area contributed by atoms with Crippen LogP contribution in [0.15, 0.2) is 54.7 Å². The number of rotatable bonds is 9. The van der Waals surface area contributed by atoms with Gasteiger partial charge in [-0.15, -0.1) is 11.3 Å². The number of carbonyl (C=O) groups excluding carboxylic acids is 3. The Morgan fingerprint density at radius 3 is 2.60 bits per heavy atom. The predicted octanol–water partition coefficient (Wildman–Crippen LogP) is 3.45. The quantitative estimate of drug-likeness (QED) is 0.341. The Bertz CT molecular complexity index is 1400. The molecular weight excluding hydrogens is 480 g/mol. The van der Waals surface area contributed by atoms with Gasteiger partial charge in [0.05, 0.1) is 17.6 Å². The fourth-order valence-corrected chi connectivity index (χ4v) is 4.06. The normalized spacial score (nSPS) is 11.0. The van der Waals surface area contributed by atoms with Crippen LogP contribution in [0.2, 0.25) is 0 Å². The van der Waals surface area contributed by atoms with E-state index < -0.39 is 18.4 Å². The summed E-state index contributed by atoms with van der Waals surface area (Å²) in [7, 11) is 0. The molecule has 3 heterocycles. The second kappa shape index (κ2) is 10.4. The van der Waals surface area contributed by atoms with E-state index in [-0.39, 0.29) is 36.0 Å². The Balaban J connectivity index is 1.47. The molecule has 0 aliphatic rings. The van der Waals surface area contributed by atoms with Crippen molar-refractivity contribution in [1.29, 1.82) is 0 Å². The first-order valence-electron chi connectivity index (χ1n) is 10.3. The van der Waals surface area contributed by atoms with Crippen molar-refractivity contribution >= 4 is 34.6 Å². The van der Waals surface area contributed by atoms with E-state index in [1.807, 2.05) is 0 Å². The van der Waals surface area contributed by atoms with Gasteiger partial charge in [0.25, 0.3) is 11.8 Å². The second-order valence-electron chi connectivity index (χ2n) is 7.34. The molecule has 12 heteroatoms. The number of ketones is 1. The Hall–Kier alpha value is -4.19. The lowest BCUT2D eigenvalue weighted by atomic mass is 10.2. The monoisotopic (exact) mass is 499 g/mol. The van der Waals surface area contributed by atoms with Gasteiger partial charge in [0.15, 0.2) is 11.4 Å². The minimum absolute atomic E-state index is 0.0156. The minimum atomic E-state index is -2.95. The van der Waals surface area contributed by atoms with E-state index in [4.69, 9.17) is 0 Å². The number of amides is 2. The maximum Gasteiger partial charge on any atom is 0.387 e. The summed E-state index contributed by atoms with van der Waals surface area (Å²) in [6.45, 7) is -1.25. The number of Topliss-reactive ketones (excluding diaryl/α,β-unsaturated/α-hetero) is 1. The molecule has 0 radical (unpaired) electrons. The van der Waals surface area contributed by atoms with Crippen LogP contribution in [0.4, 0.5) is 8.78 Å². The molecule has 9 nitrogen and oxygen atoms in total. The highest BCUT2D eigenvalue weighted by Crippen LogP contribution is 2.18. The first-order chi connectivity index (χ1) is 16.8. The smallest absolute Gasteiger partial charge is 0.387 e. The number of carbonyl (C=O) groups is 3. The number of hydrogen-bond acceptors (Lipinski definition) is 7. The maximum atomic E-state index is 12.9. The van der Waals surface area contributed by atoms with Crippen LogP contribution >= 0.6 is 11.3 Å². The molecule has 3 aromatic heterocycles. The first kappa shape index (κ1) is 24.0. The number of ether oxygens (including phenoxy) is 1. The number of benzene rings is 1. The summed E-state index contributed by atoms with van der Waals surface area (Å²) in [5.41, 5.74) is 0.921. The molecular formula is C23H19F2N5O4S. The van der Waals surface area contributed by atoms with Crippen LogP contribution in [0, 0.1) is 0 Å². The largest absolute Gasteiger partial charge is 0.435 e. The molecule has 180 valence electrons. The van der Waals surface area contributed by atoms with Gasteiger partial charge in [0, 0.05) is 23.6 Å². The Morgan fingerprint density at radius 2 is 1.86 bits per heavy atom. The highest BCUT2D eigenvalue weighted by molar-refractivity contribution is 7.14. The van der Waals surface area contributed by atoms with E-state index in [9.17, 15) is 23.2 Å². The van der Waals surface area contributed by atoms with Crippen LogP contribution in [0.3, 0.4) is 0 Å². The van der Waals surface area contributed by atoms with Gasteiger partial charge in [-0.05, 0) is 36.8 Å². The third kappa shape index (κ3) is 5.84. The Labute approximate surface area is 201 Å². The van der Waals surface area contributed by atoms with Crippen LogP contribution in [0.25, 0.3) is 5.65 Å². The summed E-state index contributed by atoms with van der Waals surface area (Å²) in [5.74, 6) is -1.12. The topological polar surface area (TPSA) is 115 Å². The minimum Gasteiger partial charge on any atom is -0.435 e. The third-order valence-electron chi connectivity index (χ3n) is 4.83. The molecule has 0 aliphatic carbocycles.